The van der Waals surface area contributed by atoms with Crippen LogP contribution in [0.3, 0.4) is 0 Å². The molecule has 0 radical (unpaired) electrons. The smallest absolute Gasteiger partial charge is 0.132 e. The number of aromatic amines is 1. The molecule has 0 fully saturated rings. The number of H-pyrrole nitrogens is 1. The SMILES string of the molecule is Fc1ccc(F)c(-c2ncc[nH]c2=S)c1. The molecule has 0 aliphatic rings. The van der Waals surface area contributed by atoms with E-state index in [9.17, 15) is 8.78 Å². The van der Waals surface area contributed by atoms with Crippen LogP contribution in [0.2, 0.25) is 0 Å². The third-order valence-electron chi connectivity index (χ3n) is 1.89. The monoisotopic (exact) mass is 224 g/mol. The Morgan fingerprint density at radius 3 is 2.80 bits per heavy atom. The Balaban J connectivity index is 2.69. The van der Waals surface area contributed by atoms with Crippen molar-refractivity contribution >= 4 is 12.2 Å². The molecule has 15 heavy (non-hydrogen) atoms. The van der Waals surface area contributed by atoms with Gasteiger partial charge in [-0.05, 0) is 18.2 Å². The van der Waals surface area contributed by atoms with Gasteiger partial charge in [-0.25, -0.2) is 8.78 Å². The maximum Gasteiger partial charge on any atom is 0.132 e. The summed E-state index contributed by atoms with van der Waals surface area (Å²) in [5.74, 6) is -1.07. The van der Waals surface area contributed by atoms with E-state index in [4.69, 9.17) is 12.2 Å². The zero-order valence-electron chi connectivity index (χ0n) is 7.50. The topological polar surface area (TPSA) is 28.7 Å². The predicted octanol–water partition coefficient (Wildman–Crippen LogP) is 3.08. The van der Waals surface area contributed by atoms with Crippen molar-refractivity contribution in [3.8, 4) is 11.3 Å². The molecule has 0 aliphatic heterocycles. The molecular weight excluding hydrogens is 218 g/mol. The van der Waals surface area contributed by atoms with Crippen LogP contribution in [0, 0.1) is 16.3 Å². The summed E-state index contributed by atoms with van der Waals surface area (Å²) in [7, 11) is 0. The van der Waals surface area contributed by atoms with E-state index in [1.165, 1.54) is 12.4 Å². The number of aromatic nitrogens is 2. The van der Waals surface area contributed by atoms with Gasteiger partial charge in [0.1, 0.15) is 22.0 Å². The molecule has 0 saturated carbocycles. The lowest BCUT2D eigenvalue weighted by atomic mass is 10.1. The Hall–Kier alpha value is -1.62. The van der Waals surface area contributed by atoms with Crippen LogP contribution in [0.4, 0.5) is 8.78 Å². The number of rotatable bonds is 1. The highest BCUT2D eigenvalue weighted by Crippen LogP contribution is 2.21. The largest absolute Gasteiger partial charge is 0.350 e. The first-order valence-electron chi connectivity index (χ1n) is 4.17. The van der Waals surface area contributed by atoms with Crippen molar-refractivity contribution < 1.29 is 8.78 Å². The summed E-state index contributed by atoms with van der Waals surface area (Å²) in [5.41, 5.74) is 0.307. The van der Waals surface area contributed by atoms with E-state index >= 15 is 0 Å². The van der Waals surface area contributed by atoms with Gasteiger partial charge in [-0.3, -0.25) is 4.98 Å². The van der Waals surface area contributed by atoms with Crippen LogP contribution in [0.15, 0.2) is 30.6 Å². The molecule has 1 heterocycles. The third-order valence-corrected chi connectivity index (χ3v) is 2.20. The average Bonchev–Trinajstić information content (AvgIpc) is 2.23. The quantitative estimate of drug-likeness (QED) is 0.754. The van der Waals surface area contributed by atoms with Gasteiger partial charge < -0.3 is 4.98 Å². The Kier molecular flexibility index (Phi) is 2.55. The van der Waals surface area contributed by atoms with E-state index in [1.807, 2.05) is 0 Å². The Morgan fingerprint density at radius 1 is 1.27 bits per heavy atom. The molecule has 1 aromatic carbocycles. The minimum atomic E-state index is -0.547. The number of nitrogens with zero attached hydrogens (tertiary/aromatic N) is 1. The van der Waals surface area contributed by atoms with Crippen molar-refractivity contribution in [1.29, 1.82) is 0 Å². The molecule has 0 unspecified atom stereocenters. The van der Waals surface area contributed by atoms with Gasteiger partial charge in [0.2, 0.25) is 0 Å². The molecule has 2 nitrogen and oxygen atoms in total. The fourth-order valence-corrected chi connectivity index (χ4v) is 1.45. The number of benzene rings is 1. The van der Waals surface area contributed by atoms with Crippen LogP contribution < -0.4 is 0 Å². The lowest BCUT2D eigenvalue weighted by Crippen LogP contribution is -1.91. The average molecular weight is 224 g/mol. The van der Waals surface area contributed by atoms with Crippen LogP contribution in [0.25, 0.3) is 11.3 Å². The van der Waals surface area contributed by atoms with Gasteiger partial charge in [-0.2, -0.15) is 0 Å². The standard InChI is InChI=1S/C10H6F2N2S/c11-6-1-2-8(12)7(5-6)9-10(15)14-4-3-13-9/h1-5H,(H,14,15). The molecule has 0 saturated heterocycles. The van der Waals surface area contributed by atoms with Gasteiger partial charge in [-0.15, -0.1) is 0 Å². The van der Waals surface area contributed by atoms with Crippen LogP contribution >= 0.6 is 12.2 Å². The maximum absolute atomic E-state index is 13.4. The van der Waals surface area contributed by atoms with Crippen LogP contribution in [0.5, 0.6) is 0 Å². The van der Waals surface area contributed by atoms with Crippen molar-refractivity contribution in [2.75, 3.05) is 0 Å². The fourth-order valence-electron chi connectivity index (χ4n) is 1.22. The highest BCUT2D eigenvalue weighted by molar-refractivity contribution is 7.71. The van der Waals surface area contributed by atoms with Gasteiger partial charge in [0.05, 0.1) is 0 Å². The molecule has 0 atom stereocenters. The first kappa shape index (κ1) is 9.92. The summed E-state index contributed by atoms with van der Waals surface area (Å²) in [6.45, 7) is 0. The van der Waals surface area contributed by atoms with Crippen LogP contribution in [-0.4, -0.2) is 9.97 Å². The Morgan fingerprint density at radius 2 is 2.07 bits per heavy atom. The Labute approximate surface area is 89.6 Å². The predicted molar refractivity (Wildman–Crippen MR) is 54.8 cm³/mol. The molecule has 1 N–H and O–H groups in total. The number of nitrogens with one attached hydrogen (secondary N) is 1. The minimum Gasteiger partial charge on any atom is -0.350 e. The van der Waals surface area contributed by atoms with Gasteiger partial charge in [0.25, 0.3) is 0 Å². The molecule has 2 aromatic rings. The van der Waals surface area contributed by atoms with E-state index in [-0.39, 0.29) is 15.9 Å². The minimum absolute atomic E-state index is 0.0665. The fraction of sp³-hybridized carbons (Fsp3) is 0. The highest BCUT2D eigenvalue weighted by Gasteiger charge is 2.08. The molecular formula is C10H6F2N2S. The second-order valence-corrected chi connectivity index (χ2v) is 3.30. The molecule has 0 aliphatic carbocycles. The van der Waals surface area contributed by atoms with Crippen LogP contribution in [0.1, 0.15) is 0 Å². The summed E-state index contributed by atoms with van der Waals surface area (Å²) in [5, 5.41) is 0. The first-order valence-corrected chi connectivity index (χ1v) is 4.58. The third kappa shape index (κ3) is 1.92. The van der Waals surface area contributed by atoms with E-state index in [0.29, 0.717) is 0 Å². The van der Waals surface area contributed by atoms with Gasteiger partial charge in [-0.1, -0.05) is 12.2 Å². The number of halogens is 2. The second kappa shape index (κ2) is 3.86. The van der Waals surface area contributed by atoms with E-state index < -0.39 is 11.6 Å². The number of hydrogen-bond donors (Lipinski definition) is 1. The molecule has 76 valence electrons. The van der Waals surface area contributed by atoms with Crippen molar-refractivity contribution in [2.45, 2.75) is 0 Å². The summed E-state index contributed by atoms with van der Waals surface area (Å²) >= 11 is 4.93. The van der Waals surface area contributed by atoms with E-state index in [0.717, 1.165) is 18.2 Å². The maximum atomic E-state index is 13.4. The first-order chi connectivity index (χ1) is 7.18. The van der Waals surface area contributed by atoms with Crippen molar-refractivity contribution in [3.63, 3.8) is 0 Å². The zero-order valence-corrected chi connectivity index (χ0v) is 8.31. The molecule has 0 bridgehead atoms. The van der Waals surface area contributed by atoms with Gasteiger partial charge in [0.15, 0.2) is 0 Å². The van der Waals surface area contributed by atoms with Gasteiger partial charge in [0, 0.05) is 18.0 Å². The zero-order chi connectivity index (χ0) is 10.8. The lowest BCUT2D eigenvalue weighted by Gasteiger charge is -2.02. The van der Waals surface area contributed by atoms with Crippen molar-refractivity contribution in [2.24, 2.45) is 0 Å². The highest BCUT2D eigenvalue weighted by atomic mass is 32.1. The Bertz CT molecular complexity index is 551. The normalized spacial score (nSPS) is 10.3. The second-order valence-electron chi connectivity index (χ2n) is 2.89. The summed E-state index contributed by atoms with van der Waals surface area (Å²) in [6.07, 6.45) is 2.97. The van der Waals surface area contributed by atoms with Gasteiger partial charge >= 0.3 is 0 Å². The van der Waals surface area contributed by atoms with E-state index in [1.54, 1.807) is 0 Å². The molecule has 2 rings (SSSR count). The summed E-state index contributed by atoms with van der Waals surface area (Å²) in [4.78, 5) is 6.62. The molecule has 5 heteroatoms. The number of hydrogen-bond acceptors (Lipinski definition) is 2. The summed E-state index contributed by atoms with van der Waals surface area (Å²) < 4.78 is 26.6. The van der Waals surface area contributed by atoms with Crippen molar-refractivity contribution in [1.82, 2.24) is 9.97 Å². The molecule has 0 spiro atoms. The molecule has 0 amide bonds. The van der Waals surface area contributed by atoms with Crippen LogP contribution in [-0.2, 0) is 0 Å². The van der Waals surface area contributed by atoms with E-state index in [2.05, 4.69) is 9.97 Å². The summed E-state index contributed by atoms with van der Waals surface area (Å²) in [6, 6.07) is 3.17. The van der Waals surface area contributed by atoms with Crippen molar-refractivity contribution in [3.05, 3.63) is 46.9 Å². The molecule has 1 aromatic heterocycles. The lowest BCUT2D eigenvalue weighted by molar-refractivity contribution is 0.602.